The molecule has 1 atom stereocenters. The van der Waals surface area contributed by atoms with E-state index in [0.717, 1.165) is 6.26 Å². The van der Waals surface area contributed by atoms with E-state index >= 15 is 0 Å². The molecule has 0 aliphatic carbocycles. The van der Waals surface area contributed by atoms with Crippen LogP contribution in [0.3, 0.4) is 0 Å². The molecule has 0 saturated heterocycles. The number of hydrogen-bond acceptors (Lipinski definition) is 3. The summed E-state index contributed by atoms with van der Waals surface area (Å²) in [5, 5.41) is 17.1. The Kier molecular flexibility index (Phi) is 6.66. The van der Waals surface area contributed by atoms with E-state index in [9.17, 15) is 0 Å². The van der Waals surface area contributed by atoms with Gasteiger partial charge < -0.3 is 14.9 Å². The van der Waals surface area contributed by atoms with E-state index < -0.39 is 6.29 Å². The molecule has 5 heteroatoms. The van der Waals surface area contributed by atoms with E-state index in [0.29, 0.717) is 0 Å². The molecule has 0 fully saturated rings. The highest BCUT2D eigenvalue weighted by Crippen LogP contribution is 2.02. The van der Waals surface area contributed by atoms with Crippen LogP contribution < -0.4 is 0 Å². The largest absolute Gasteiger partial charge is 0.505 e. The monoisotopic (exact) mass is 186 g/mol. The molecule has 3 nitrogen and oxygen atoms in total. The quantitative estimate of drug-likeness (QED) is 0.597. The summed E-state index contributed by atoms with van der Waals surface area (Å²) in [7, 11) is 0. The Morgan fingerprint density at radius 1 is 1.40 bits per heavy atom. The summed E-state index contributed by atoms with van der Waals surface area (Å²) in [6.07, 6.45) is 2.90. The summed E-state index contributed by atoms with van der Waals surface area (Å²) in [6.45, 7) is 0. The summed E-state index contributed by atoms with van der Waals surface area (Å²) in [5.74, 6) is 0.0234. The average Bonchev–Trinajstić information content (AvgIpc) is 1.77. The molecule has 60 valence electrons. The Balaban J connectivity index is 0. The van der Waals surface area contributed by atoms with Gasteiger partial charge in [0.1, 0.15) is 12.0 Å². The molecule has 1 aliphatic rings. The van der Waals surface area contributed by atoms with Gasteiger partial charge in [-0.3, -0.25) is 0 Å². The molecule has 0 aromatic carbocycles. The Morgan fingerprint density at radius 3 is 2.30 bits per heavy atom. The standard InChI is InChI=1S/C5H6O3.2ClH/c6-4-1-2-5(7)8-3-4;;/h1-3,5-7H;2*1H. The van der Waals surface area contributed by atoms with E-state index in [2.05, 4.69) is 4.74 Å². The summed E-state index contributed by atoms with van der Waals surface area (Å²) >= 11 is 0. The second-order valence-corrected chi connectivity index (χ2v) is 1.43. The molecule has 1 unspecified atom stereocenters. The van der Waals surface area contributed by atoms with Gasteiger partial charge in [-0.05, 0) is 12.2 Å². The predicted octanol–water partition coefficient (Wildman–Crippen LogP) is 1.13. The van der Waals surface area contributed by atoms with E-state index in [1.54, 1.807) is 0 Å². The lowest BCUT2D eigenvalue weighted by molar-refractivity contribution is -0.0179. The molecular weight excluding hydrogens is 179 g/mol. The first-order chi connectivity index (χ1) is 3.79. The van der Waals surface area contributed by atoms with Crippen molar-refractivity contribution in [2.24, 2.45) is 0 Å². The minimum Gasteiger partial charge on any atom is -0.505 e. The van der Waals surface area contributed by atoms with Crippen LogP contribution in [-0.2, 0) is 4.74 Å². The van der Waals surface area contributed by atoms with E-state index in [4.69, 9.17) is 10.2 Å². The predicted molar refractivity (Wildman–Crippen MR) is 41.4 cm³/mol. The highest BCUT2D eigenvalue weighted by Gasteiger charge is 2.01. The van der Waals surface area contributed by atoms with Crippen molar-refractivity contribution >= 4 is 24.8 Å². The molecule has 10 heavy (non-hydrogen) atoms. The topological polar surface area (TPSA) is 49.7 Å². The zero-order valence-electron chi connectivity index (χ0n) is 4.93. The summed E-state index contributed by atoms with van der Waals surface area (Å²) in [5.41, 5.74) is 0. The fourth-order valence-corrected chi connectivity index (χ4v) is 0.405. The molecule has 0 aromatic heterocycles. The molecule has 1 aliphatic heterocycles. The van der Waals surface area contributed by atoms with Crippen LogP contribution in [-0.4, -0.2) is 16.5 Å². The number of halogens is 2. The molecule has 0 aromatic rings. The highest BCUT2D eigenvalue weighted by molar-refractivity contribution is 5.85. The van der Waals surface area contributed by atoms with Gasteiger partial charge in [0.05, 0.1) is 0 Å². The van der Waals surface area contributed by atoms with Crippen molar-refractivity contribution < 1.29 is 14.9 Å². The Labute approximate surface area is 70.8 Å². The van der Waals surface area contributed by atoms with Crippen LogP contribution in [0.15, 0.2) is 24.2 Å². The number of allylic oxidation sites excluding steroid dienone is 1. The molecule has 0 bridgehead atoms. The van der Waals surface area contributed by atoms with Crippen molar-refractivity contribution in [3.63, 3.8) is 0 Å². The molecule has 2 N–H and O–H groups in total. The van der Waals surface area contributed by atoms with Crippen molar-refractivity contribution in [3.05, 3.63) is 24.2 Å². The van der Waals surface area contributed by atoms with Crippen molar-refractivity contribution in [1.29, 1.82) is 0 Å². The number of hydrogen-bond donors (Lipinski definition) is 2. The summed E-state index contributed by atoms with van der Waals surface area (Å²) < 4.78 is 4.45. The van der Waals surface area contributed by atoms with Crippen LogP contribution in [0.25, 0.3) is 0 Å². The molecule has 1 rings (SSSR count). The van der Waals surface area contributed by atoms with Crippen LogP contribution in [0.2, 0.25) is 0 Å². The Hall–Kier alpha value is -0.380. The first kappa shape index (κ1) is 12.3. The average molecular weight is 187 g/mol. The normalized spacial score (nSPS) is 21.3. The lowest BCUT2D eigenvalue weighted by Crippen LogP contribution is -2.07. The van der Waals surface area contributed by atoms with Crippen LogP contribution in [0, 0.1) is 0 Å². The fraction of sp³-hybridized carbons (Fsp3) is 0.200. The van der Waals surface area contributed by atoms with Gasteiger partial charge >= 0.3 is 0 Å². The van der Waals surface area contributed by atoms with Crippen LogP contribution >= 0.6 is 24.8 Å². The van der Waals surface area contributed by atoms with E-state index in [-0.39, 0.29) is 30.6 Å². The fourth-order valence-electron chi connectivity index (χ4n) is 0.405. The van der Waals surface area contributed by atoms with Crippen LogP contribution in [0.4, 0.5) is 0 Å². The maximum Gasteiger partial charge on any atom is 0.216 e. The van der Waals surface area contributed by atoms with Crippen LogP contribution in [0.1, 0.15) is 0 Å². The van der Waals surface area contributed by atoms with Crippen molar-refractivity contribution in [3.8, 4) is 0 Å². The Bertz CT molecular complexity index is 144. The zero-order valence-corrected chi connectivity index (χ0v) is 6.56. The Morgan fingerprint density at radius 2 is 2.00 bits per heavy atom. The highest BCUT2D eigenvalue weighted by atomic mass is 35.5. The lowest BCUT2D eigenvalue weighted by Gasteiger charge is -2.08. The molecule has 0 amide bonds. The van der Waals surface area contributed by atoms with Gasteiger partial charge in [0, 0.05) is 0 Å². The second kappa shape index (κ2) is 5.41. The second-order valence-electron chi connectivity index (χ2n) is 1.43. The zero-order chi connectivity index (χ0) is 5.98. The van der Waals surface area contributed by atoms with Gasteiger partial charge in [0.25, 0.3) is 0 Å². The molecule has 0 saturated carbocycles. The minimum absolute atomic E-state index is 0. The van der Waals surface area contributed by atoms with Crippen molar-refractivity contribution in [1.82, 2.24) is 0 Å². The van der Waals surface area contributed by atoms with Gasteiger partial charge in [-0.2, -0.15) is 0 Å². The third-order valence-corrected chi connectivity index (χ3v) is 0.760. The minimum atomic E-state index is -0.897. The van der Waals surface area contributed by atoms with Crippen molar-refractivity contribution in [2.45, 2.75) is 6.29 Å². The lowest BCUT2D eigenvalue weighted by atomic mass is 10.4. The van der Waals surface area contributed by atoms with Gasteiger partial charge in [-0.15, -0.1) is 24.8 Å². The summed E-state index contributed by atoms with van der Waals surface area (Å²) in [4.78, 5) is 0. The van der Waals surface area contributed by atoms with Gasteiger partial charge in [-0.25, -0.2) is 0 Å². The summed E-state index contributed by atoms with van der Waals surface area (Å²) in [6, 6.07) is 0. The van der Waals surface area contributed by atoms with E-state index in [1.807, 2.05) is 0 Å². The first-order valence-corrected chi connectivity index (χ1v) is 2.20. The smallest absolute Gasteiger partial charge is 0.216 e. The van der Waals surface area contributed by atoms with Gasteiger partial charge in [0.15, 0.2) is 0 Å². The maximum absolute atomic E-state index is 8.57. The molecular formula is C5H8Cl2O3. The van der Waals surface area contributed by atoms with Gasteiger partial charge in [-0.1, -0.05) is 0 Å². The third kappa shape index (κ3) is 3.61. The first-order valence-electron chi connectivity index (χ1n) is 2.20. The van der Waals surface area contributed by atoms with E-state index in [1.165, 1.54) is 12.2 Å². The maximum atomic E-state index is 8.57. The van der Waals surface area contributed by atoms with Gasteiger partial charge in [0.2, 0.25) is 6.29 Å². The molecule has 0 spiro atoms. The number of rotatable bonds is 0. The molecule has 1 heterocycles. The van der Waals surface area contributed by atoms with Crippen molar-refractivity contribution in [2.75, 3.05) is 0 Å². The SMILES string of the molecule is Cl.Cl.OC1=COC(O)C=C1. The number of aliphatic hydroxyl groups is 2. The number of aliphatic hydroxyl groups excluding tert-OH is 2. The molecule has 0 radical (unpaired) electrons. The number of ether oxygens (including phenoxy) is 1. The van der Waals surface area contributed by atoms with Crippen LogP contribution in [0.5, 0.6) is 0 Å². The third-order valence-electron chi connectivity index (χ3n) is 0.760.